The van der Waals surface area contributed by atoms with E-state index in [2.05, 4.69) is 18.8 Å². The van der Waals surface area contributed by atoms with Crippen molar-refractivity contribution in [3.63, 3.8) is 0 Å². The second-order valence-electron chi connectivity index (χ2n) is 3.48. The van der Waals surface area contributed by atoms with E-state index in [-0.39, 0.29) is 5.91 Å². The lowest BCUT2D eigenvalue weighted by Crippen LogP contribution is -2.15. The number of amides is 1. The second kappa shape index (κ2) is 7.12. The minimum absolute atomic E-state index is 0.0881. The summed E-state index contributed by atoms with van der Waals surface area (Å²) >= 11 is 1.74. The zero-order valence-corrected chi connectivity index (χ0v) is 10.3. The molecule has 1 rings (SSSR count). The molecule has 0 aromatic heterocycles. The van der Waals surface area contributed by atoms with Gasteiger partial charge in [-0.1, -0.05) is 31.7 Å². The van der Waals surface area contributed by atoms with E-state index in [1.807, 2.05) is 30.3 Å². The van der Waals surface area contributed by atoms with Gasteiger partial charge < -0.3 is 5.32 Å². The van der Waals surface area contributed by atoms with E-state index in [0.717, 1.165) is 17.9 Å². The molecule has 0 atom stereocenters. The Morgan fingerprint density at radius 1 is 1.38 bits per heavy atom. The fourth-order valence-corrected chi connectivity index (χ4v) is 1.96. The monoisotopic (exact) mass is 235 g/mol. The lowest BCUT2D eigenvalue weighted by molar-refractivity contribution is -0.112. The summed E-state index contributed by atoms with van der Waals surface area (Å²) in [5.41, 5.74) is 1.44. The Balaban J connectivity index is 2.38. The highest BCUT2D eigenvalue weighted by molar-refractivity contribution is 7.99. The van der Waals surface area contributed by atoms with Gasteiger partial charge in [0, 0.05) is 17.0 Å². The van der Waals surface area contributed by atoms with Crippen molar-refractivity contribution < 1.29 is 4.79 Å². The fourth-order valence-electron chi connectivity index (χ4n) is 1.15. The second-order valence-corrected chi connectivity index (χ2v) is 4.58. The van der Waals surface area contributed by atoms with E-state index in [4.69, 9.17) is 0 Å². The summed E-state index contributed by atoms with van der Waals surface area (Å²) in [5, 5.41) is 2.82. The van der Waals surface area contributed by atoms with Crippen molar-refractivity contribution in [2.75, 3.05) is 16.8 Å². The number of para-hydroxylation sites is 1. The molecular weight excluding hydrogens is 218 g/mol. The molecule has 0 aliphatic carbocycles. The molecule has 0 fully saturated rings. The third-order valence-corrected chi connectivity index (χ3v) is 3.23. The highest BCUT2D eigenvalue weighted by Gasteiger charge is 2.06. The van der Waals surface area contributed by atoms with Crippen molar-refractivity contribution in [1.82, 2.24) is 0 Å². The van der Waals surface area contributed by atoms with E-state index < -0.39 is 0 Å². The number of rotatable bonds is 6. The van der Waals surface area contributed by atoms with Crippen LogP contribution in [0.4, 0.5) is 5.69 Å². The van der Waals surface area contributed by atoms with Crippen molar-refractivity contribution >= 4 is 23.4 Å². The highest BCUT2D eigenvalue weighted by atomic mass is 32.2. The molecule has 0 saturated carbocycles. The molecule has 0 spiro atoms. The summed E-state index contributed by atoms with van der Waals surface area (Å²) in [7, 11) is 0. The third-order valence-electron chi connectivity index (χ3n) is 1.98. The van der Waals surface area contributed by atoms with Crippen molar-refractivity contribution in [3.8, 4) is 0 Å². The third kappa shape index (κ3) is 4.53. The standard InChI is InChI=1S/C13H17NOS/c1-3-9-16-10-11(2)13(15)14-12-7-5-4-6-8-12/h4-8H,2-3,9-10H2,1H3,(H,14,15). The van der Waals surface area contributed by atoms with Gasteiger partial charge in [0.15, 0.2) is 0 Å². The van der Waals surface area contributed by atoms with Gasteiger partial charge in [-0.25, -0.2) is 0 Å². The average molecular weight is 235 g/mol. The van der Waals surface area contributed by atoms with Gasteiger partial charge in [0.1, 0.15) is 0 Å². The quantitative estimate of drug-likeness (QED) is 0.605. The minimum Gasteiger partial charge on any atom is -0.322 e. The highest BCUT2D eigenvalue weighted by Crippen LogP contribution is 2.11. The molecule has 1 aromatic rings. The topological polar surface area (TPSA) is 29.1 Å². The Morgan fingerprint density at radius 3 is 2.69 bits per heavy atom. The Hall–Kier alpha value is -1.22. The molecule has 0 saturated heterocycles. The lowest BCUT2D eigenvalue weighted by atomic mass is 10.3. The summed E-state index contributed by atoms with van der Waals surface area (Å²) in [6, 6.07) is 9.44. The number of hydrogen-bond donors (Lipinski definition) is 1. The molecule has 0 radical (unpaired) electrons. The molecule has 0 unspecified atom stereocenters. The Labute approximate surface area is 101 Å². The normalized spacial score (nSPS) is 9.81. The first kappa shape index (κ1) is 12.8. The molecule has 1 N–H and O–H groups in total. The smallest absolute Gasteiger partial charge is 0.251 e. The molecule has 1 amide bonds. The maximum Gasteiger partial charge on any atom is 0.251 e. The number of benzene rings is 1. The zero-order chi connectivity index (χ0) is 11.8. The van der Waals surface area contributed by atoms with E-state index in [9.17, 15) is 4.79 Å². The molecule has 1 aromatic carbocycles. The molecule has 2 nitrogen and oxygen atoms in total. The lowest BCUT2D eigenvalue weighted by Gasteiger charge is -2.06. The SMILES string of the molecule is C=C(CSCCC)C(=O)Nc1ccccc1. The zero-order valence-electron chi connectivity index (χ0n) is 9.53. The van der Waals surface area contributed by atoms with Gasteiger partial charge in [-0.3, -0.25) is 4.79 Å². The van der Waals surface area contributed by atoms with Crippen molar-refractivity contribution in [3.05, 3.63) is 42.5 Å². The van der Waals surface area contributed by atoms with Crippen LogP contribution in [0.1, 0.15) is 13.3 Å². The summed E-state index contributed by atoms with van der Waals surface area (Å²) < 4.78 is 0. The molecule has 0 aliphatic heterocycles. The van der Waals surface area contributed by atoms with Crippen LogP contribution in [-0.2, 0) is 4.79 Å². The van der Waals surface area contributed by atoms with E-state index in [1.54, 1.807) is 11.8 Å². The Morgan fingerprint density at radius 2 is 2.06 bits per heavy atom. The number of carbonyl (C=O) groups is 1. The minimum atomic E-state index is -0.0881. The van der Waals surface area contributed by atoms with E-state index in [1.165, 1.54) is 0 Å². The van der Waals surface area contributed by atoms with Gasteiger partial charge in [-0.05, 0) is 24.3 Å². The molecule has 0 bridgehead atoms. The first-order valence-corrected chi connectivity index (χ1v) is 6.51. The van der Waals surface area contributed by atoms with Crippen LogP contribution in [0.25, 0.3) is 0 Å². The van der Waals surface area contributed by atoms with Gasteiger partial charge in [0.05, 0.1) is 0 Å². The molecule has 16 heavy (non-hydrogen) atoms. The van der Waals surface area contributed by atoms with E-state index in [0.29, 0.717) is 11.3 Å². The first-order valence-electron chi connectivity index (χ1n) is 5.36. The molecule has 0 aliphatic rings. The number of carbonyl (C=O) groups excluding carboxylic acids is 1. The van der Waals surface area contributed by atoms with Crippen molar-refractivity contribution in [2.45, 2.75) is 13.3 Å². The largest absolute Gasteiger partial charge is 0.322 e. The van der Waals surface area contributed by atoms with Crippen LogP contribution in [0, 0.1) is 0 Å². The van der Waals surface area contributed by atoms with Crippen LogP contribution in [0.15, 0.2) is 42.5 Å². The number of hydrogen-bond acceptors (Lipinski definition) is 2. The predicted octanol–water partition coefficient (Wildman–Crippen LogP) is 3.32. The van der Waals surface area contributed by atoms with Gasteiger partial charge in [0.25, 0.3) is 5.91 Å². The maximum atomic E-state index is 11.7. The van der Waals surface area contributed by atoms with Crippen LogP contribution < -0.4 is 5.32 Å². The van der Waals surface area contributed by atoms with Crippen molar-refractivity contribution in [1.29, 1.82) is 0 Å². The summed E-state index contributed by atoms with van der Waals surface area (Å²) in [4.78, 5) is 11.7. The predicted molar refractivity (Wildman–Crippen MR) is 71.8 cm³/mol. The summed E-state index contributed by atoms with van der Waals surface area (Å²) in [6.07, 6.45) is 1.12. The van der Waals surface area contributed by atoms with Crippen LogP contribution in [0.2, 0.25) is 0 Å². The van der Waals surface area contributed by atoms with Crippen LogP contribution in [0.3, 0.4) is 0 Å². The van der Waals surface area contributed by atoms with Crippen LogP contribution >= 0.6 is 11.8 Å². The Bertz CT molecular complexity index is 348. The maximum absolute atomic E-state index is 11.7. The summed E-state index contributed by atoms with van der Waals surface area (Å²) in [5.74, 6) is 1.68. The molecule has 3 heteroatoms. The van der Waals surface area contributed by atoms with Crippen LogP contribution in [-0.4, -0.2) is 17.4 Å². The first-order chi connectivity index (χ1) is 7.74. The average Bonchev–Trinajstić information content (AvgIpc) is 2.30. The molecule has 0 heterocycles. The van der Waals surface area contributed by atoms with Gasteiger partial charge >= 0.3 is 0 Å². The Kier molecular flexibility index (Phi) is 5.72. The number of thioether (sulfide) groups is 1. The fraction of sp³-hybridized carbons (Fsp3) is 0.308. The number of nitrogens with one attached hydrogen (secondary N) is 1. The van der Waals surface area contributed by atoms with Crippen molar-refractivity contribution in [2.24, 2.45) is 0 Å². The van der Waals surface area contributed by atoms with Gasteiger partial charge in [-0.2, -0.15) is 11.8 Å². The van der Waals surface area contributed by atoms with Gasteiger partial charge in [0.2, 0.25) is 0 Å². The van der Waals surface area contributed by atoms with E-state index >= 15 is 0 Å². The number of anilines is 1. The molecular formula is C13H17NOS. The van der Waals surface area contributed by atoms with Gasteiger partial charge in [-0.15, -0.1) is 0 Å². The molecule has 86 valence electrons. The van der Waals surface area contributed by atoms with Crippen LogP contribution in [0.5, 0.6) is 0 Å². The summed E-state index contributed by atoms with van der Waals surface area (Å²) in [6.45, 7) is 5.91.